The average Bonchev–Trinajstić information content (AvgIpc) is 3.18. The largest absolute Gasteiger partial charge is 0.375 e. The van der Waals surface area contributed by atoms with Crippen LogP contribution in [0.25, 0.3) is 0 Å². The maximum Gasteiger partial charge on any atom is 0.193 e. The van der Waals surface area contributed by atoms with Crippen molar-refractivity contribution in [2.75, 3.05) is 39.9 Å². The molecule has 5 heteroatoms. The second-order valence-electron chi connectivity index (χ2n) is 7.63. The van der Waals surface area contributed by atoms with Crippen LogP contribution < -0.4 is 5.32 Å². The fourth-order valence-electron chi connectivity index (χ4n) is 4.40. The lowest BCUT2D eigenvalue weighted by Crippen LogP contribution is -2.53. The van der Waals surface area contributed by atoms with Gasteiger partial charge >= 0.3 is 0 Å². The molecule has 0 aromatic carbocycles. The average molecular weight is 338 g/mol. The van der Waals surface area contributed by atoms with Crippen molar-refractivity contribution in [1.29, 1.82) is 0 Å². The summed E-state index contributed by atoms with van der Waals surface area (Å²) in [6.45, 7) is 6.86. The van der Waals surface area contributed by atoms with Crippen molar-refractivity contribution in [2.45, 2.75) is 64.1 Å². The van der Waals surface area contributed by atoms with Crippen molar-refractivity contribution in [3.8, 4) is 0 Å². The van der Waals surface area contributed by atoms with Crippen molar-refractivity contribution in [2.24, 2.45) is 16.8 Å². The quantitative estimate of drug-likeness (QED) is 0.633. The van der Waals surface area contributed by atoms with E-state index in [1.165, 1.54) is 32.1 Å². The molecular weight excluding hydrogens is 302 g/mol. The summed E-state index contributed by atoms with van der Waals surface area (Å²) >= 11 is 0. The first-order valence-corrected chi connectivity index (χ1v) is 9.99. The van der Waals surface area contributed by atoms with E-state index in [9.17, 15) is 0 Å². The number of nitrogens with one attached hydrogen (secondary N) is 1. The minimum Gasteiger partial charge on any atom is -0.375 e. The molecule has 138 valence electrons. The number of hydrogen-bond donors (Lipinski definition) is 1. The zero-order valence-electron chi connectivity index (χ0n) is 15.5. The van der Waals surface area contributed by atoms with E-state index in [-0.39, 0.29) is 12.2 Å². The highest BCUT2D eigenvalue weighted by atomic mass is 16.5. The molecule has 0 aromatic rings. The van der Waals surface area contributed by atoms with E-state index in [0.717, 1.165) is 63.5 Å². The van der Waals surface area contributed by atoms with Gasteiger partial charge < -0.3 is 19.7 Å². The van der Waals surface area contributed by atoms with Crippen LogP contribution >= 0.6 is 0 Å². The van der Waals surface area contributed by atoms with Crippen LogP contribution in [0.4, 0.5) is 0 Å². The number of morpholine rings is 1. The second-order valence-corrected chi connectivity index (χ2v) is 7.63. The van der Waals surface area contributed by atoms with Crippen LogP contribution in [0.15, 0.2) is 4.99 Å². The van der Waals surface area contributed by atoms with E-state index in [4.69, 9.17) is 9.47 Å². The molecule has 0 amide bonds. The lowest BCUT2D eigenvalue weighted by molar-refractivity contribution is -0.0817. The standard InChI is InChI=1S/C19H35N3O2/c1-3-15-6-8-16(9-7-15)13-21-19(20-2)22-10-12-24-18(14-22)17-5-4-11-23-17/h15-18H,3-14H2,1-2H3,(H,20,21). The topological polar surface area (TPSA) is 46.1 Å². The van der Waals surface area contributed by atoms with E-state index in [2.05, 4.69) is 22.1 Å². The summed E-state index contributed by atoms with van der Waals surface area (Å²) in [7, 11) is 1.90. The molecule has 3 rings (SSSR count). The number of guanidine groups is 1. The van der Waals surface area contributed by atoms with Crippen LogP contribution in [0, 0.1) is 11.8 Å². The monoisotopic (exact) mass is 337 g/mol. The van der Waals surface area contributed by atoms with Crippen molar-refractivity contribution >= 4 is 5.96 Å². The minimum atomic E-state index is 0.194. The van der Waals surface area contributed by atoms with Gasteiger partial charge in [-0.15, -0.1) is 0 Å². The highest BCUT2D eigenvalue weighted by Gasteiger charge is 2.32. The predicted molar refractivity (Wildman–Crippen MR) is 97.4 cm³/mol. The molecule has 3 aliphatic rings. The Morgan fingerprint density at radius 3 is 2.46 bits per heavy atom. The van der Waals surface area contributed by atoms with Crippen LogP contribution in [0.5, 0.6) is 0 Å². The van der Waals surface area contributed by atoms with E-state index < -0.39 is 0 Å². The van der Waals surface area contributed by atoms with Gasteiger partial charge in [-0.25, -0.2) is 0 Å². The third-order valence-corrected chi connectivity index (χ3v) is 6.08. The zero-order chi connectivity index (χ0) is 16.8. The lowest BCUT2D eigenvalue weighted by atomic mass is 9.81. The first kappa shape index (κ1) is 18.0. The van der Waals surface area contributed by atoms with Crippen molar-refractivity contribution in [3.63, 3.8) is 0 Å². The number of hydrogen-bond acceptors (Lipinski definition) is 3. The molecule has 2 unspecified atom stereocenters. The van der Waals surface area contributed by atoms with Gasteiger partial charge in [0.2, 0.25) is 0 Å². The summed E-state index contributed by atoms with van der Waals surface area (Å²) in [5.41, 5.74) is 0. The van der Waals surface area contributed by atoms with Crippen LogP contribution in [0.1, 0.15) is 51.9 Å². The normalized spacial score (nSPS) is 35.2. The Balaban J connectivity index is 1.45. The Bertz CT molecular complexity index is 401. The summed E-state index contributed by atoms with van der Waals surface area (Å²) < 4.78 is 11.8. The number of nitrogens with zero attached hydrogens (tertiary/aromatic N) is 2. The molecule has 0 spiro atoms. The first-order chi connectivity index (χ1) is 11.8. The molecule has 2 aliphatic heterocycles. The third-order valence-electron chi connectivity index (χ3n) is 6.08. The fraction of sp³-hybridized carbons (Fsp3) is 0.947. The molecule has 2 saturated heterocycles. The van der Waals surface area contributed by atoms with Gasteiger partial charge in [-0.05, 0) is 37.5 Å². The molecule has 1 aliphatic carbocycles. The molecule has 2 atom stereocenters. The van der Waals surface area contributed by atoms with Crippen molar-refractivity contribution in [1.82, 2.24) is 10.2 Å². The summed E-state index contributed by atoms with van der Waals surface area (Å²) in [6, 6.07) is 0. The van der Waals surface area contributed by atoms with E-state index >= 15 is 0 Å². The highest BCUT2D eigenvalue weighted by Crippen LogP contribution is 2.30. The molecule has 0 bridgehead atoms. The van der Waals surface area contributed by atoms with Gasteiger partial charge in [0.15, 0.2) is 5.96 Å². The molecule has 0 radical (unpaired) electrons. The Labute approximate surface area is 147 Å². The third kappa shape index (κ3) is 4.63. The summed E-state index contributed by atoms with van der Waals surface area (Å²) in [5, 5.41) is 3.63. The molecule has 1 N–H and O–H groups in total. The van der Waals surface area contributed by atoms with Crippen LogP contribution in [0.3, 0.4) is 0 Å². The van der Waals surface area contributed by atoms with E-state index in [0.29, 0.717) is 0 Å². The molecule has 1 saturated carbocycles. The van der Waals surface area contributed by atoms with Crippen LogP contribution in [0.2, 0.25) is 0 Å². The SMILES string of the molecule is CCC1CCC(CNC(=NC)N2CCOC(C3CCCO3)C2)CC1. The molecule has 0 aromatic heterocycles. The minimum absolute atomic E-state index is 0.194. The summed E-state index contributed by atoms with van der Waals surface area (Å²) in [5.74, 6) is 2.81. The van der Waals surface area contributed by atoms with Crippen LogP contribution in [-0.2, 0) is 9.47 Å². The Morgan fingerprint density at radius 2 is 1.79 bits per heavy atom. The maximum absolute atomic E-state index is 5.96. The van der Waals surface area contributed by atoms with Gasteiger partial charge in [0.25, 0.3) is 0 Å². The van der Waals surface area contributed by atoms with Crippen molar-refractivity contribution in [3.05, 3.63) is 0 Å². The Kier molecular flexibility index (Phi) is 6.78. The lowest BCUT2D eigenvalue weighted by Gasteiger charge is -2.37. The number of rotatable bonds is 4. The Morgan fingerprint density at radius 1 is 1.04 bits per heavy atom. The smallest absolute Gasteiger partial charge is 0.193 e. The molecule has 24 heavy (non-hydrogen) atoms. The Hall–Kier alpha value is -0.810. The first-order valence-electron chi connectivity index (χ1n) is 9.99. The molecular formula is C19H35N3O2. The maximum atomic E-state index is 5.96. The summed E-state index contributed by atoms with van der Waals surface area (Å²) in [4.78, 5) is 6.88. The van der Waals surface area contributed by atoms with Gasteiger partial charge in [-0.3, -0.25) is 4.99 Å². The molecule has 2 heterocycles. The van der Waals surface area contributed by atoms with E-state index in [1.807, 2.05) is 7.05 Å². The number of aliphatic imine (C=N–C) groups is 1. The van der Waals surface area contributed by atoms with Gasteiger partial charge in [0, 0.05) is 33.3 Å². The van der Waals surface area contributed by atoms with E-state index in [1.54, 1.807) is 0 Å². The molecule has 3 fully saturated rings. The zero-order valence-corrected chi connectivity index (χ0v) is 15.5. The van der Waals surface area contributed by atoms with Gasteiger partial charge in [0.05, 0.1) is 12.7 Å². The fourth-order valence-corrected chi connectivity index (χ4v) is 4.40. The van der Waals surface area contributed by atoms with Gasteiger partial charge in [0.1, 0.15) is 6.10 Å². The predicted octanol–water partition coefficient (Wildman–Crippen LogP) is 2.66. The summed E-state index contributed by atoms with van der Waals surface area (Å²) in [6.07, 6.45) is 9.65. The second kappa shape index (κ2) is 9.04. The van der Waals surface area contributed by atoms with Gasteiger partial charge in [-0.2, -0.15) is 0 Å². The molecule has 5 nitrogen and oxygen atoms in total. The van der Waals surface area contributed by atoms with Gasteiger partial charge in [-0.1, -0.05) is 26.2 Å². The highest BCUT2D eigenvalue weighted by molar-refractivity contribution is 5.80. The number of ether oxygens (including phenoxy) is 2. The van der Waals surface area contributed by atoms with Crippen LogP contribution in [-0.4, -0.2) is 63.0 Å². The van der Waals surface area contributed by atoms with Crippen molar-refractivity contribution < 1.29 is 9.47 Å².